The molecule has 2 amide bonds. The van der Waals surface area contributed by atoms with E-state index in [0.717, 1.165) is 5.56 Å². The number of halogens is 1. The molecule has 19 heavy (non-hydrogen) atoms. The number of hydrogen-bond donors (Lipinski definition) is 3. The zero-order valence-electron chi connectivity index (χ0n) is 11.1. The summed E-state index contributed by atoms with van der Waals surface area (Å²) in [4.78, 5) is 22.8. The average Bonchev–Trinajstić information content (AvgIpc) is 2.43. The Kier molecular flexibility index (Phi) is 7.79. The molecule has 0 saturated carbocycles. The molecule has 2 unspecified atom stereocenters. The van der Waals surface area contributed by atoms with Crippen molar-refractivity contribution in [2.45, 2.75) is 13.0 Å². The summed E-state index contributed by atoms with van der Waals surface area (Å²) in [6.07, 6.45) is 0. The molecule has 1 aromatic rings. The summed E-state index contributed by atoms with van der Waals surface area (Å²) in [5.41, 5.74) is 6.92. The number of carbonyl (C=O) groups excluding carboxylic acids is 2. The van der Waals surface area contributed by atoms with Gasteiger partial charge in [0, 0.05) is 13.1 Å². The minimum Gasteiger partial charge on any atom is -0.358 e. The molecule has 0 aliphatic carbocycles. The van der Waals surface area contributed by atoms with Gasteiger partial charge in [0.1, 0.15) is 0 Å². The van der Waals surface area contributed by atoms with Crippen molar-refractivity contribution < 1.29 is 9.59 Å². The SMILES string of the molecule is CNC(=O)CNC(=O)C(C)C(N)c1ccccc1.Cl. The predicted octanol–water partition coefficient (Wildman–Crippen LogP) is 0.607. The number of hydrogen-bond acceptors (Lipinski definition) is 3. The molecule has 0 spiro atoms. The molecule has 1 aromatic carbocycles. The van der Waals surface area contributed by atoms with Crippen molar-refractivity contribution in [2.24, 2.45) is 11.7 Å². The highest BCUT2D eigenvalue weighted by Crippen LogP contribution is 2.18. The van der Waals surface area contributed by atoms with E-state index in [9.17, 15) is 9.59 Å². The van der Waals surface area contributed by atoms with Gasteiger partial charge in [-0.15, -0.1) is 12.4 Å². The molecule has 0 fully saturated rings. The van der Waals surface area contributed by atoms with Crippen LogP contribution >= 0.6 is 12.4 Å². The minimum atomic E-state index is -0.392. The van der Waals surface area contributed by atoms with Gasteiger partial charge in [-0.3, -0.25) is 9.59 Å². The smallest absolute Gasteiger partial charge is 0.239 e. The molecule has 5 nitrogen and oxygen atoms in total. The number of likely N-dealkylation sites (N-methyl/N-ethyl adjacent to an activating group) is 1. The number of nitrogens with one attached hydrogen (secondary N) is 2. The maximum absolute atomic E-state index is 11.8. The molecule has 0 bridgehead atoms. The Morgan fingerprint density at radius 3 is 2.37 bits per heavy atom. The van der Waals surface area contributed by atoms with Crippen LogP contribution in [0.3, 0.4) is 0 Å². The highest BCUT2D eigenvalue weighted by atomic mass is 35.5. The highest BCUT2D eigenvalue weighted by Gasteiger charge is 2.22. The van der Waals surface area contributed by atoms with E-state index >= 15 is 0 Å². The third-order valence-corrected chi connectivity index (χ3v) is 2.84. The molecule has 2 atom stereocenters. The van der Waals surface area contributed by atoms with Crippen LogP contribution in [0.1, 0.15) is 18.5 Å². The molecule has 0 radical (unpaired) electrons. The predicted molar refractivity (Wildman–Crippen MR) is 76.9 cm³/mol. The first-order valence-corrected chi connectivity index (χ1v) is 5.85. The van der Waals surface area contributed by atoms with E-state index in [1.165, 1.54) is 7.05 Å². The van der Waals surface area contributed by atoms with Crippen molar-refractivity contribution in [2.75, 3.05) is 13.6 Å². The van der Waals surface area contributed by atoms with Gasteiger partial charge in [-0.2, -0.15) is 0 Å². The Balaban J connectivity index is 0.00000324. The van der Waals surface area contributed by atoms with Crippen LogP contribution < -0.4 is 16.4 Å². The van der Waals surface area contributed by atoms with Gasteiger partial charge in [-0.25, -0.2) is 0 Å². The third-order valence-electron chi connectivity index (χ3n) is 2.84. The van der Waals surface area contributed by atoms with Crippen LogP contribution in [0.15, 0.2) is 30.3 Å². The van der Waals surface area contributed by atoms with Gasteiger partial charge in [0.2, 0.25) is 11.8 Å². The fraction of sp³-hybridized carbons (Fsp3) is 0.385. The molecule has 0 aliphatic heterocycles. The second kappa shape index (κ2) is 8.50. The van der Waals surface area contributed by atoms with E-state index in [0.29, 0.717) is 0 Å². The van der Waals surface area contributed by atoms with Crippen LogP contribution in [0, 0.1) is 5.92 Å². The standard InChI is InChI=1S/C13H19N3O2.ClH/c1-9(13(18)16-8-11(17)15-2)12(14)10-6-4-3-5-7-10;/h3-7,9,12H,8,14H2,1-2H3,(H,15,17)(H,16,18);1H. The Morgan fingerprint density at radius 1 is 1.26 bits per heavy atom. The molecular weight excluding hydrogens is 266 g/mol. The second-order valence-corrected chi connectivity index (χ2v) is 4.12. The van der Waals surface area contributed by atoms with Crippen LogP contribution in [-0.4, -0.2) is 25.4 Å². The van der Waals surface area contributed by atoms with Gasteiger partial charge < -0.3 is 16.4 Å². The lowest BCUT2D eigenvalue weighted by Crippen LogP contribution is -2.40. The summed E-state index contributed by atoms with van der Waals surface area (Å²) in [5.74, 6) is -0.851. The van der Waals surface area contributed by atoms with Crippen molar-refractivity contribution in [3.8, 4) is 0 Å². The van der Waals surface area contributed by atoms with E-state index in [2.05, 4.69) is 10.6 Å². The van der Waals surface area contributed by atoms with Crippen molar-refractivity contribution in [3.05, 3.63) is 35.9 Å². The van der Waals surface area contributed by atoms with Crippen LogP contribution in [0.4, 0.5) is 0 Å². The minimum absolute atomic E-state index is 0. The third kappa shape index (κ3) is 5.28. The molecule has 0 heterocycles. The van der Waals surface area contributed by atoms with E-state index in [1.807, 2.05) is 30.3 Å². The summed E-state index contributed by atoms with van der Waals surface area (Å²) in [5, 5.41) is 4.99. The maximum atomic E-state index is 11.8. The fourth-order valence-electron chi connectivity index (χ4n) is 1.54. The molecule has 0 aliphatic rings. The van der Waals surface area contributed by atoms with Crippen molar-refractivity contribution >= 4 is 24.2 Å². The zero-order chi connectivity index (χ0) is 13.5. The van der Waals surface area contributed by atoms with Gasteiger partial charge in [-0.05, 0) is 5.56 Å². The van der Waals surface area contributed by atoms with E-state index < -0.39 is 5.92 Å². The van der Waals surface area contributed by atoms with Crippen LogP contribution in [0.2, 0.25) is 0 Å². The first-order chi connectivity index (χ1) is 8.56. The van der Waals surface area contributed by atoms with Gasteiger partial charge in [0.05, 0.1) is 12.5 Å². The van der Waals surface area contributed by atoms with Crippen LogP contribution in [0.25, 0.3) is 0 Å². The lowest BCUT2D eigenvalue weighted by atomic mass is 9.95. The monoisotopic (exact) mass is 285 g/mol. The molecule has 4 N–H and O–H groups in total. The molecule has 0 saturated heterocycles. The summed E-state index contributed by atoms with van der Waals surface area (Å²) < 4.78 is 0. The van der Waals surface area contributed by atoms with E-state index in [4.69, 9.17) is 5.73 Å². The summed E-state index contributed by atoms with van der Waals surface area (Å²) in [6, 6.07) is 9.04. The number of rotatable bonds is 5. The quantitative estimate of drug-likeness (QED) is 0.741. The zero-order valence-corrected chi connectivity index (χ0v) is 11.9. The van der Waals surface area contributed by atoms with E-state index in [1.54, 1.807) is 6.92 Å². The van der Waals surface area contributed by atoms with Gasteiger partial charge in [0.15, 0.2) is 0 Å². The fourth-order valence-corrected chi connectivity index (χ4v) is 1.54. The van der Waals surface area contributed by atoms with Crippen molar-refractivity contribution in [1.29, 1.82) is 0 Å². The van der Waals surface area contributed by atoms with E-state index in [-0.39, 0.29) is 36.8 Å². The molecule has 106 valence electrons. The number of benzene rings is 1. The molecule has 0 aromatic heterocycles. The Morgan fingerprint density at radius 2 is 1.84 bits per heavy atom. The molecule has 1 rings (SSSR count). The second-order valence-electron chi connectivity index (χ2n) is 4.12. The Hall–Kier alpha value is -1.59. The average molecular weight is 286 g/mol. The summed E-state index contributed by atoms with van der Waals surface area (Å²) in [6.45, 7) is 1.72. The molecule has 6 heteroatoms. The summed E-state index contributed by atoms with van der Waals surface area (Å²) >= 11 is 0. The van der Waals surface area contributed by atoms with Crippen molar-refractivity contribution in [1.82, 2.24) is 10.6 Å². The highest BCUT2D eigenvalue weighted by molar-refractivity contribution is 5.86. The lowest BCUT2D eigenvalue weighted by molar-refractivity contribution is -0.128. The topological polar surface area (TPSA) is 84.2 Å². The number of carbonyl (C=O) groups is 2. The normalized spacial score (nSPS) is 12.8. The first kappa shape index (κ1) is 17.4. The maximum Gasteiger partial charge on any atom is 0.239 e. The summed E-state index contributed by atoms with van der Waals surface area (Å²) in [7, 11) is 1.52. The first-order valence-electron chi connectivity index (χ1n) is 5.85. The number of nitrogens with two attached hydrogens (primary N) is 1. The van der Waals surface area contributed by atoms with Crippen molar-refractivity contribution in [3.63, 3.8) is 0 Å². The van der Waals surface area contributed by atoms with Gasteiger partial charge in [-0.1, -0.05) is 37.3 Å². The van der Waals surface area contributed by atoms with Crippen LogP contribution in [0.5, 0.6) is 0 Å². The Labute approximate surface area is 119 Å². The lowest BCUT2D eigenvalue weighted by Gasteiger charge is -2.19. The van der Waals surface area contributed by atoms with Gasteiger partial charge >= 0.3 is 0 Å². The largest absolute Gasteiger partial charge is 0.358 e. The molecular formula is C13H20ClN3O2. The van der Waals surface area contributed by atoms with Crippen LogP contribution in [-0.2, 0) is 9.59 Å². The van der Waals surface area contributed by atoms with Gasteiger partial charge in [0.25, 0.3) is 0 Å². The Bertz CT molecular complexity index is 412. The number of amides is 2.